The first-order chi connectivity index (χ1) is 9.42. The molecule has 1 N–H and O–H groups in total. The molecule has 2 heterocycles. The molecule has 5 nitrogen and oxygen atoms in total. The highest BCUT2D eigenvalue weighted by Crippen LogP contribution is 2.32. The molecule has 0 fully saturated rings. The summed E-state index contributed by atoms with van der Waals surface area (Å²) in [6, 6.07) is 3.51. The Morgan fingerprint density at radius 1 is 1.50 bits per heavy atom. The van der Waals surface area contributed by atoms with Gasteiger partial charge in [-0.1, -0.05) is 6.92 Å². The number of carboxylic acid groups (broad SMARTS) is 1. The predicted octanol–water partition coefficient (Wildman–Crippen LogP) is 3.36. The summed E-state index contributed by atoms with van der Waals surface area (Å²) in [6.07, 6.45) is -0.0134. The van der Waals surface area contributed by atoms with Crippen LogP contribution in [0.4, 0.5) is 0 Å². The Balaban J connectivity index is 2.32. The molecule has 2 rings (SSSR count). The predicted molar refractivity (Wildman–Crippen MR) is 79.6 cm³/mol. The number of fused-ring (bicyclic) bond motifs is 1. The molecule has 7 heteroatoms. The number of thiophene rings is 1. The zero-order valence-corrected chi connectivity index (χ0v) is 13.2. The van der Waals surface area contributed by atoms with E-state index in [0.717, 1.165) is 4.70 Å². The van der Waals surface area contributed by atoms with Crippen molar-refractivity contribution in [2.75, 3.05) is 7.11 Å². The van der Waals surface area contributed by atoms with Crippen molar-refractivity contribution in [3.05, 3.63) is 21.5 Å². The van der Waals surface area contributed by atoms with Gasteiger partial charge in [0.25, 0.3) is 0 Å². The number of Topliss-reactive ketones (excluding diaryl/α,β-unsaturated/α-hetero) is 1. The van der Waals surface area contributed by atoms with Crippen LogP contribution in [-0.4, -0.2) is 29.0 Å². The van der Waals surface area contributed by atoms with Crippen molar-refractivity contribution >= 4 is 49.2 Å². The maximum absolute atomic E-state index is 12.0. The number of carboxylic acids is 1. The average molecular weight is 358 g/mol. The van der Waals surface area contributed by atoms with Crippen LogP contribution in [0.1, 0.15) is 23.0 Å². The second-order valence-corrected chi connectivity index (χ2v) is 6.28. The number of ketones is 1. The second kappa shape index (κ2) is 5.88. The van der Waals surface area contributed by atoms with Crippen molar-refractivity contribution < 1.29 is 19.4 Å². The van der Waals surface area contributed by atoms with Gasteiger partial charge in [-0.05, 0) is 28.1 Å². The Kier molecular flexibility index (Phi) is 4.39. The molecule has 1 unspecified atom stereocenters. The summed E-state index contributed by atoms with van der Waals surface area (Å²) in [5, 5.41) is 8.84. The maximum Gasteiger partial charge on any atom is 0.306 e. The van der Waals surface area contributed by atoms with Gasteiger partial charge in [-0.25, -0.2) is 4.98 Å². The normalized spacial score (nSPS) is 12.3. The highest BCUT2D eigenvalue weighted by Gasteiger charge is 2.19. The zero-order chi connectivity index (χ0) is 14.9. The van der Waals surface area contributed by atoms with E-state index in [1.54, 1.807) is 6.07 Å². The van der Waals surface area contributed by atoms with E-state index in [1.807, 2.05) is 6.07 Å². The van der Waals surface area contributed by atoms with Crippen LogP contribution in [-0.2, 0) is 4.79 Å². The number of pyridine rings is 1. The van der Waals surface area contributed by atoms with Crippen LogP contribution in [0.5, 0.6) is 5.88 Å². The van der Waals surface area contributed by atoms with Gasteiger partial charge in [0.2, 0.25) is 5.88 Å². The van der Waals surface area contributed by atoms with E-state index < -0.39 is 11.9 Å². The Morgan fingerprint density at radius 3 is 2.80 bits per heavy atom. The van der Waals surface area contributed by atoms with Gasteiger partial charge >= 0.3 is 5.97 Å². The van der Waals surface area contributed by atoms with Crippen molar-refractivity contribution in [2.45, 2.75) is 13.3 Å². The molecular weight excluding hydrogens is 346 g/mol. The number of aromatic nitrogens is 1. The van der Waals surface area contributed by atoms with Crippen molar-refractivity contribution in [3.63, 3.8) is 0 Å². The minimum Gasteiger partial charge on any atom is -0.481 e. The molecule has 2 aromatic heterocycles. The molecule has 0 amide bonds. The molecule has 1 atom stereocenters. The van der Waals surface area contributed by atoms with Gasteiger partial charge in [0, 0.05) is 6.42 Å². The van der Waals surface area contributed by atoms with E-state index in [0.29, 0.717) is 20.7 Å². The number of methoxy groups -OCH3 is 1. The SMILES string of the molecule is COc1nc2cc(C(=O)CC(C)C(=O)O)sc2cc1Br. The van der Waals surface area contributed by atoms with E-state index in [1.165, 1.54) is 25.4 Å². The standard InChI is InChI=1S/C13H12BrNO4S/c1-6(13(17)18)3-9(16)11-5-8-10(20-11)4-7(14)12(15-8)19-2/h4-6H,3H2,1-2H3,(H,17,18). The Hall–Kier alpha value is -1.47. The number of ether oxygens (including phenoxy) is 1. The average Bonchev–Trinajstić information content (AvgIpc) is 2.80. The molecule has 0 saturated heterocycles. The molecule has 0 radical (unpaired) electrons. The number of carbonyl (C=O) groups excluding carboxylic acids is 1. The van der Waals surface area contributed by atoms with Gasteiger partial charge in [-0.15, -0.1) is 11.3 Å². The Morgan fingerprint density at radius 2 is 2.20 bits per heavy atom. The van der Waals surface area contributed by atoms with Crippen LogP contribution in [0.25, 0.3) is 10.2 Å². The first kappa shape index (κ1) is 14.9. The van der Waals surface area contributed by atoms with Crippen LogP contribution in [0, 0.1) is 5.92 Å². The second-order valence-electron chi connectivity index (χ2n) is 4.34. The van der Waals surface area contributed by atoms with Crippen molar-refractivity contribution in [1.29, 1.82) is 0 Å². The molecule has 0 aliphatic heterocycles. The summed E-state index contributed by atoms with van der Waals surface area (Å²) < 4.78 is 6.67. The fourth-order valence-electron chi connectivity index (χ4n) is 1.67. The summed E-state index contributed by atoms with van der Waals surface area (Å²) in [5.41, 5.74) is 0.668. The lowest BCUT2D eigenvalue weighted by molar-refractivity contribution is -0.141. The van der Waals surface area contributed by atoms with Crippen molar-refractivity contribution in [3.8, 4) is 5.88 Å². The van der Waals surface area contributed by atoms with Gasteiger partial charge in [0.05, 0.1) is 32.6 Å². The van der Waals surface area contributed by atoms with Crippen LogP contribution < -0.4 is 4.74 Å². The van der Waals surface area contributed by atoms with E-state index in [9.17, 15) is 9.59 Å². The Bertz CT molecular complexity index is 682. The smallest absolute Gasteiger partial charge is 0.306 e. The van der Waals surface area contributed by atoms with Gasteiger partial charge < -0.3 is 9.84 Å². The maximum atomic E-state index is 12.0. The van der Waals surface area contributed by atoms with Crippen molar-refractivity contribution in [1.82, 2.24) is 4.98 Å². The first-order valence-electron chi connectivity index (χ1n) is 5.82. The van der Waals surface area contributed by atoms with Crippen molar-refractivity contribution in [2.24, 2.45) is 5.92 Å². The lowest BCUT2D eigenvalue weighted by Crippen LogP contribution is -2.13. The van der Waals surface area contributed by atoms with Crippen LogP contribution in [0.2, 0.25) is 0 Å². The number of aliphatic carboxylic acids is 1. The summed E-state index contributed by atoms with van der Waals surface area (Å²) in [5.74, 6) is -1.39. The molecule has 2 aromatic rings. The summed E-state index contributed by atoms with van der Waals surface area (Å²) in [6.45, 7) is 1.52. The third kappa shape index (κ3) is 2.99. The largest absolute Gasteiger partial charge is 0.481 e. The molecule has 0 aliphatic carbocycles. The molecule has 0 bridgehead atoms. The number of halogens is 1. The number of nitrogens with zero attached hydrogens (tertiary/aromatic N) is 1. The minimum atomic E-state index is -0.970. The molecule has 0 aliphatic rings. The first-order valence-corrected chi connectivity index (χ1v) is 7.43. The van der Waals surface area contributed by atoms with Gasteiger partial charge in [0.1, 0.15) is 0 Å². The molecular formula is C13H12BrNO4S. The number of hydrogen-bond acceptors (Lipinski definition) is 5. The van der Waals surface area contributed by atoms with E-state index >= 15 is 0 Å². The summed E-state index contributed by atoms with van der Waals surface area (Å²) in [7, 11) is 1.52. The van der Waals surface area contributed by atoms with Crippen LogP contribution in [0.3, 0.4) is 0 Å². The number of hydrogen-bond donors (Lipinski definition) is 1. The molecule has 106 valence electrons. The van der Waals surface area contributed by atoms with Gasteiger partial charge in [-0.3, -0.25) is 9.59 Å². The van der Waals surface area contributed by atoms with Crippen LogP contribution in [0.15, 0.2) is 16.6 Å². The molecule has 20 heavy (non-hydrogen) atoms. The van der Waals surface area contributed by atoms with E-state index in [-0.39, 0.29) is 12.2 Å². The summed E-state index contributed by atoms with van der Waals surface area (Å²) in [4.78, 5) is 27.6. The third-order valence-corrected chi connectivity index (χ3v) is 4.49. The van der Waals surface area contributed by atoms with Gasteiger partial charge in [-0.2, -0.15) is 0 Å². The van der Waals surface area contributed by atoms with Gasteiger partial charge in [0.15, 0.2) is 5.78 Å². The summed E-state index contributed by atoms with van der Waals surface area (Å²) >= 11 is 4.64. The lowest BCUT2D eigenvalue weighted by Gasteiger charge is -2.02. The minimum absolute atomic E-state index is 0.0134. The monoisotopic (exact) mass is 357 g/mol. The number of carbonyl (C=O) groups is 2. The third-order valence-electron chi connectivity index (χ3n) is 2.81. The van der Waals surface area contributed by atoms with E-state index in [2.05, 4.69) is 20.9 Å². The zero-order valence-electron chi connectivity index (χ0n) is 10.8. The number of rotatable bonds is 5. The Labute approximate surface area is 127 Å². The highest BCUT2D eigenvalue weighted by molar-refractivity contribution is 9.10. The topological polar surface area (TPSA) is 76.5 Å². The fraction of sp³-hybridized carbons (Fsp3) is 0.308. The molecule has 0 saturated carbocycles. The lowest BCUT2D eigenvalue weighted by atomic mass is 10.0. The quantitative estimate of drug-likeness (QED) is 0.830. The molecule has 0 spiro atoms. The fourth-order valence-corrected chi connectivity index (χ4v) is 3.29. The molecule has 0 aromatic carbocycles. The van der Waals surface area contributed by atoms with E-state index in [4.69, 9.17) is 9.84 Å². The van der Waals surface area contributed by atoms with Crippen LogP contribution >= 0.6 is 27.3 Å². The highest BCUT2D eigenvalue weighted by atomic mass is 79.9.